The fourth-order valence-corrected chi connectivity index (χ4v) is 2.75. The maximum atomic E-state index is 11.8. The molecule has 1 saturated carbocycles. The molecule has 25 heavy (non-hydrogen) atoms. The topological polar surface area (TPSA) is 111 Å². The van der Waals surface area contributed by atoms with E-state index in [9.17, 15) is 9.59 Å². The van der Waals surface area contributed by atoms with Crippen molar-refractivity contribution in [1.82, 2.24) is 30.8 Å². The molecule has 1 aromatic carbocycles. The number of rotatable bonds is 5. The summed E-state index contributed by atoms with van der Waals surface area (Å²) in [5, 5.41) is 16.0. The predicted molar refractivity (Wildman–Crippen MR) is 88.2 cm³/mol. The van der Waals surface area contributed by atoms with Crippen LogP contribution in [0.2, 0.25) is 0 Å². The number of carbonyl (C=O) groups is 2. The fraction of sp³-hybridized carbons (Fsp3) is 0.438. The maximum Gasteiger partial charge on any atom is 0.321 e. The van der Waals surface area contributed by atoms with Crippen molar-refractivity contribution in [3.63, 3.8) is 0 Å². The van der Waals surface area contributed by atoms with Gasteiger partial charge in [-0.15, -0.1) is 5.10 Å². The number of amides is 3. The van der Waals surface area contributed by atoms with Crippen molar-refractivity contribution in [2.24, 2.45) is 0 Å². The summed E-state index contributed by atoms with van der Waals surface area (Å²) in [6.07, 6.45) is 6.84. The van der Waals surface area contributed by atoms with Gasteiger partial charge in [-0.1, -0.05) is 19.3 Å². The van der Waals surface area contributed by atoms with Gasteiger partial charge in [-0.25, -0.2) is 9.48 Å². The van der Waals surface area contributed by atoms with Crippen LogP contribution in [0.3, 0.4) is 0 Å². The second kappa shape index (κ2) is 8.22. The smallest absolute Gasteiger partial charge is 0.321 e. The Kier molecular flexibility index (Phi) is 5.55. The third-order valence-corrected chi connectivity index (χ3v) is 4.01. The third kappa shape index (κ3) is 5.00. The zero-order valence-electron chi connectivity index (χ0n) is 13.7. The molecule has 3 rings (SSSR count). The van der Waals surface area contributed by atoms with Gasteiger partial charge in [0, 0.05) is 6.04 Å². The van der Waals surface area contributed by atoms with Crippen molar-refractivity contribution in [2.75, 3.05) is 6.61 Å². The van der Waals surface area contributed by atoms with E-state index in [4.69, 9.17) is 4.74 Å². The maximum absolute atomic E-state index is 11.8. The van der Waals surface area contributed by atoms with Gasteiger partial charge < -0.3 is 10.1 Å². The number of nitrogens with one attached hydrogen (secondary N) is 2. The number of hydrogen-bond donors (Lipinski definition) is 2. The molecular formula is C16H20N6O3. The van der Waals surface area contributed by atoms with Crippen molar-refractivity contribution in [2.45, 2.75) is 38.1 Å². The van der Waals surface area contributed by atoms with Crippen molar-refractivity contribution in [3.8, 4) is 11.4 Å². The Morgan fingerprint density at radius 3 is 2.60 bits per heavy atom. The van der Waals surface area contributed by atoms with E-state index in [-0.39, 0.29) is 12.6 Å². The van der Waals surface area contributed by atoms with Gasteiger partial charge in [-0.05, 0) is 47.5 Å². The Hall–Kier alpha value is -2.97. The van der Waals surface area contributed by atoms with Crippen molar-refractivity contribution < 1.29 is 14.3 Å². The van der Waals surface area contributed by atoms with E-state index in [1.54, 1.807) is 24.3 Å². The molecule has 3 amide bonds. The van der Waals surface area contributed by atoms with Crippen molar-refractivity contribution in [1.29, 1.82) is 0 Å². The Balaban J connectivity index is 1.41. The normalized spacial score (nSPS) is 14.7. The number of benzene rings is 1. The number of ether oxygens (including phenoxy) is 1. The minimum atomic E-state index is -0.488. The lowest BCUT2D eigenvalue weighted by Crippen LogP contribution is -2.46. The highest BCUT2D eigenvalue weighted by Gasteiger charge is 2.17. The quantitative estimate of drug-likeness (QED) is 0.843. The van der Waals surface area contributed by atoms with E-state index < -0.39 is 11.9 Å². The van der Waals surface area contributed by atoms with Gasteiger partial charge in [-0.3, -0.25) is 10.1 Å². The molecule has 0 unspecified atom stereocenters. The van der Waals surface area contributed by atoms with Gasteiger partial charge in [0.05, 0.1) is 5.69 Å². The van der Waals surface area contributed by atoms with Crippen LogP contribution in [0.25, 0.3) is 5.69 Å². The lowest BCUT2D eigenvalue weighted by Gasteiger charge is -2.22. The third-order valence-electron chi connectivity index (χ3n) is 4.01. The summed E-state index contributed by atoms with van der Waals surface area (Å²) in [7, 11) is 0. The van der Waals surface area contributed by atoms with Gasteiger partial charge in [0.1, 0.15) is 12.1 Å². The van der Waals surface area contributed by atoms with Crippen LogP contribution in [0.1, 0.15) is 32.1 Å². The highest BCUT2D eigenvalue weighted by Crippen LogP contribution is 2.17. The Bertz CT molecular complexity index is 695. The molecule has 0 radical (unpaired) electrons. The number of imide groups is 1. The van der Waals surface area contributed by atoms with Gasteiger partial charge in [-0.2, -0.15) is 0 Å². The first-order valence-corrected chi connectivity index (χ1v) is 8.27. The number of aromatic nitrogens is 4. The van der Waals surface area contributed by atoms with Gasteiger partial charge in [0.25, 0.3) is 5.91 Å². The summed E-state index contributed by atoms with van der Waals surface area (Å²) in [5.41, 5.74) is 0.772. The van der Waals surface area contributed by atoms with Crippen LogP contribution < -0.4 is 15.4 Å². The van der Waals surface area contributed by atoms with E-state index in [1.165, 1.54) is 17.4 Å². The molecule has 2 aromatic rings. The van der Waals surface area contributed by atoms with E-state index in [1.807, 2.05) is 0 Å². The highest BCUT2D eigenvalue weighted by molar-refractivity contribution is 5.95. The molecular weight excluding hydrogens is 324 g/mol. The Morgan fingerprint density at radius 1 is 1.16 bits per heavy atom. The number of carbonyl (C=O) groups excluding carboxylic acids is 2. The molecule has 1 aliphatic carbocycles. The first kappa shape index (κ1) is 16.9. The number of hydrogen-bond acceptors (Lipinski definition) is 6. The van der Waals surface area contributed by atoms with Crippen LogP contribution >= 0.6 is 0 Å². The SMILES string of the molecule is O=C(COc1ccc(-n2cnnn2)cc1)NC(=O)NC1CCCCC1. The second-order valence-corrected chi connectivity index (χ2v) is 5.89. The molecule has 9 heteroatoms. The molecule has 0 bridgehead atoms. The largest absolute Gasteiger partial charge is 0.484 e. The molecule has 1 fully saturated rings. The molecule has 132 valence electrons. The van der Waals surface area contributed by atoms with Crippen LogP contribution in [-0.4, -0.2) is 44.8 Å². The summed E-state index contributed by atoms with van der Waals surface area (Å²) in [6.45, 7) is -0.234. The second-order valence-electron chi connectivity index (χ2n) is 5.89. The number of tetrazole rings is 1. The van der Waals surface area contributed by atoms with E-state index in [0.717, 1.165) is 31.4 Å². The monoisotopic (exact) mass is 344 g/mol. The standard InChI is InChI=1S/C16H20N6O3/c23-15(19-16(24)18-12-4-2-1-3-5-12)10-25-14-8-6-13(7-9-14)22-11-17-20-21-22/h6-9,11-12H,1-5,10H2,(H2,18,19,23,24). The van der Waals surface area contributed by atoms with Gasteiger partial charge in [0.15, 0.2) is 6.61 Å². The molecule has 0 aliphatic heterocycles. The molecule has 0 atom stereocenters. The van der Waals surface area contributed by atoms with Crippen LogP contribution in [-0.2, 0) is 4.79 Å². The van der Waals surface area contributed by atoms with Crippen molar-refractivity contribution >= 4 is 11.9 Å². The van der Waals surface area contributed by atoms with E-state index in [2.05, 4.69) is 26.2 Å². The minimum Gasteiger partial charge on any atom is -0.484 e. The average molecular weight is 344 g/mol. The summed E-state index contributed by atoms with van der Waals surface area (Å²) in [5.74, 6) is 0.0255. The van der Waals surface area contributed by atoms with E-state index in [0.29, 0.717) is 5.75 Å². The number of urea groups is 1. The zero-order valence-corrected chi connectivity index (χ0v) is 13.7. The lowest BCUT2D eigenvalue weighted by molar-refractivity contribution is -0.122. The first-order chi connectivity index (χ1) is 12.2. The fourth-order valence-electron chi connectivity index (χ4n) is 2.75. The van der Waals surface area contributed by atoms with Gasteiger partial charge in [0.2, 0.25) is 0 Å². The summed E-state index contributed by atoms with van der Waals surface area (Å²) in [6, 6.07) is 6.62. The highest BCUT2D eigenvalue weighted by atomic mass is 16.5. The van der Waals surface area contributed by atoms with E-state index >= 15 is 0 Å². The summed E-state index contributed by atoms with van der Waals surface area (Å²) in [4.78, 5) is 23.6. The van der Waals surface area contributed by atoms with Gasteiger partial charge >= 0.3 is 6.03 Å². The first-order valence-electron chi connectivity index (χ1n) is 8.27. The molecule has 1 heterocycles. The molecule has 0 saturated heterocycles. The summed E-state index contributed by atoms with van der Waals surface area (Å²) < 4.78 is 6.88. The van der Waals surface area contributed by atoms with Crippen molar-refractivity contribution in [3.05, 3.63) is 30.6 Å². The molecule has 1 aliphatic rings. The minimum absolute atomic E-state index is 0.154. The Labute approximate surface area is 144 Å². The molecule has 9 nitrogen and oxygen atoms in total. The molecule has 1 aromatic heterocycles. The molecule has 2 N–H and O–H groups in total. The predicted octanol–water partition coefficient (Wildman–Crippen LogP) is 1.20. The average Bonchev–Trinajstić information content (AvgIpc) is 3.16. The molecule has 0 spiro atoms. The summed E-state index contributed by atoms with van der Waals surface area (Å²) >= 11 is 0. The van der Waals surface area contributed by atoms with Crippen LogP contribution in [0.15, 0.2) is 30.6 Å². The lowest BCUT2D eigenvalue weighted by atomic mass is 9.96. The Morgan fingerprint density at radius 2 is 1.92 bits per heavy atom. The van der Waals surface area contributed by atoms with Crippen LogP contribution in [0.4, 0.5) is 4.79 Å². The zero-order chi connectivity index (χ0) is 17.5. The van der Waals surface area contributed by atoms with Crippen LogP contribution in [0, 0.1) is 0 Å². The number of nitrogens with zero attached hydrogens (tertiary/aromatic N) is 4. The van der Waals surface area contributed by atoms with Crippen LogP contribution in [0.5, 0.6) is 5.75 Å².